The number of rotatable bonds is 5. The first-order chi connectivity index (χ1) is 12.0. The predicted molar refractivity (Wildman–Crippen MR) is 92.9 cm³/mol. The summed E-state index contributed by atoms with van der Waals surface area (Å²) in [6.07, 6.45) is 4.68. The van der Waals surface area contributed by atoms with Crippen molar-refractivity contribution >= 4 is 27.6 Å². The van der Waals surface area contributed by atoms with Crippen molar-refractivity contribution in [2.45, 2.75) is 0 Å². The standard InChI is InChI=1S/C16H11BrN4O4/c1-25-14-7-10(4-5-12(14)21(23)24)16(22)11-3-2-6-19-15(11)13-8-18-9-20(13)17/h2-9H,1H3. The van der Waals surface area contributed by atoms with E-state index in [1.165, 1.54) is 31.6 Å². The van der Waals surface area contributed by atoms with Gasteiger partial charge in [0.2, 0.25) is 0 Å². The number of nitro benzene ring substituents is 1. The van der Waals surface area contributed by atoms with Crippen molar-refractivity contribution in [2.75, 3.05) is 7.11 Å². The summed E-state index contributed by atoms with van der Waals surface area (Å²) >= 11 is 3.30. The van der Waals surface area contributed by atoms with E-state index in [9.17, 15) is 14.9 Å². The van der Waals surface area contributed by atoms with E-state index in [0.717, 1.165) is 0 Å². The summed E-state index contributed by atoms with van der Waals surface area (Å²) in [6.45, 7) is 0. The average molecular weight is 403 g/mol. The van der Waals surface area contributed by atoms with Gasteiger partial charge in [-0.1, -0.05) is 0 Å². The first-order valence-electron chi connectivity index (χ1n) is 7.04. The third kappa shape index (κ3) is 3.13. The highest BCUT2D eigenvalue weighted by Crippen LogP contribution is 2.30. The Hall–Kier alpha value is -3.07. The van der Waals surface area contributed by atoms with Crippen molar-refractivity contribution in [1.82, 2.24) is 13.6 Å². The summed E-state index contributed by atoms with van der Waals surface area (Å²) in [5.41, 5.74) is 1.46. The molecule has 0 atom stereocenters. The number of nitro groups is 1. The van der Waals surface area contributed by atoms with Gasteiger partial charge >= 0.3 is 5.69 Å². The summed E-state index contributed by atoms with van der Waals surface area (Å²) in [7, 11) is 1.31. The molecule has 0 aliphatic rings. The molecule has 9 heteroatoms. The second kappa shape index (κ2) is 6.81. The van der Waals surface area contributed by atoms with E-state index < -0.39 is 4.92 Å². The Labute approximate surface area is 150 Å². The van der Waals surface area contributed by atoms with E-state index in [-0.39, 0.29) is 22.8 Å². The van der Waals surface area contributed by atoms with E-state index in [1.807, 2.05) is 0 Å². The highest BCUT2D eigenvalue weighted by molar-refractivity contribution is 9.08. The number of benzene rings is 1. The van der Waals surface area contributed by atoms with Crippen molar-refractivity contribution in [3.8, 4) is 17.1 Å². The summed E-state index contributed by atoms with van der Waals surface area (Å²) in [5.74, 6) is -0.308. The molecule has 0 unspecified atom stereocenters. The lowest BCUT2D eigenvalue weighted by atomic mass is 10.00. The first-order valence-corrected chi connectivity index (χ1v) is 7.75. The lowest BCUT2D eigenvalue weighted by molar-refractivity contribution is -0.385. The number of methoxy groups -OCH3 is 1. The number of aromatic nitrogens is 3. The van der Waals surface area contributed by atoms with Crippen LogP contribution in [0.3, 0.4) is 0 Å². The Morgan fingerprint density at radius 3 is 2.80 bits per heavy atom. The van der Waals surface area contributed by atoms with Gasteiger partial charge in [-0.3, -0.25) is 23.5 Å². The van der Waals surface area contributed by atoms with Crippen LogP contribution in [0.5, 0.6) is 5.75 Å². The van der Waals surface area contributed by atoms with Crippen LogP contribution in [-0.2, 0) is 0 Å². The molecule has 1 aromatic carbocycles. The van der Waals surface area contributed by atoms with E-state index >= 15 is 0 Å². The molecule has 8 nitrogen and oxygen atoms in total. The maximum absolute atomic E-state index is 12.9. The number of halogens is 1. The molecule has 3 rings (SSSR count). The molecule has 25 heavy (non-hydrogen) atoms. The summed E-state index contributed by atoms with van der Waals surface area (Å²) < 4.78 is 6.60. The van der Waals surface area contributed by atoms with Crippen molar-refractivity contribution in [3.05, 3.63) is 70.3 Å². The molecule has 0 amide bonds. The number of nitrogens with zero attached hydrogens (tertiary/aromatic N) is 4. The molecule has 0 spiro atoms. The zero-order valence-electron chi connectivity index (χ0n) is 12.9. The highest BCUT2D eigenvalue weighted by Gasteiger charge is 2.21. The van der Waals surface area contributed by atoms with Crippen molar-refractivity contribution < 1.29 is 14.5 Å². The molecule has 0 fully saturated rings. The number of hydrogen-bond acceptors (Lipinski definition) is 6. The lowest BCUT2D eigenvalue weighted by Crippen LogP contribution is -2.06. The Bertz CT molecular complexity index is 970. The van der Waals surface area contributed by atoms with E-state index in [2.05, 4.69) is 26.1 Å². The van der Waals surface area contributed by atoms with E-state index in [0.29, 0.717) is 17.0 Å². The molecule has 0 radical (unpaired) electrons. The second-order valence-electron chi connectivity index (χ2n) is 4.96. The molecule has 0 N–H and O–H groups in total. The van der Waals surface area contributed by atoms with Gasteiger partial charge in [0, 0.05) is 17.8 Å². The topological polar surface area (TPSA) is 100 Å². The van der Waals surface area contributed by atoms with Crippen LogP contribution in [0.2, 0.25) is 0 Å². The monoisotopic (exact) mass is 402 g/mol. The zero-order chi connectivity index (χ0) is 18.0. The molecule has 2 heterocycles. The van der Waals surface area contributed by atoms with Crippen LogP contribution < -0.4 is 4.74 Å². The second-order valence-corrected chi connectivity index (χ2v) is 5.73. The van der Waals surface area contributed by atoms with Gasteiger partial charge < -0.3 is 4.74 Å². The van der Waals surface area contributed by atoms with Crippen LogP contribution in [0.25, 0.3) is 11.4 Å². The number of ketones is 1. The molecule has 0 saturated carbocycles. The van der Waals surface area contributed by atoms with Crippen LogP contribution in [0.15, 0.2) is 49.1 Å². The van der Waals surface area contributed by atoms with Crippen molar-refractivity contribution in [3.63, 3.8) is 0 Å². The molecular formula is C16H11BrN4O4. The minimum Gasteiger partial charge on any atom is -0.490 e. The first kappa shape index (κ1) is 16.8. The fourth-order valence-electron chi connectivity index (χ4n) is 2.36. The number of ether oxygens (including phenoxy) is 1. The van der Waals surface area contributed by atoms with Gasteiger partial charge in [-0.15, -0.1) is 0 Å². The number of carbonyl (C=O) groups is 1. The molecule has 0 bridgehead atoms. The number of imidazole rings is 1. The molecule has 2 aromatic heterocycles. The molecule has 0 saturated heterocycles. The van der Waals surface area contributed by atoms with Crippen LogP contribution in [0, 0.1) is 10.1 Å². The third-order valence-corrected chi connectivity index (χ3v) is 4.09. The van der Waals surface area contributed by atoms with Crippen LogP contribution >= 0.6 is 16.1 Å². The van der Waals surface area contributed by atoms with Gasteiger partial charge in [0.05, 0.1) is 45.6 Å². The number of hydrogen-bond donors (Lipinski definition) is 0. The van der Waals surface area contributed by atoms with E-state index in [1.54, 1.807) is 28.1 Å². The van der Waals surface area contributed by atoms with Gasteiger partial charge in [0.1, 0.15) is 12.0 Å². The molecule has 0 aliphatic carbocycles. The Morgan fingerprint density at radius 1 is 1.36 bits per heavy atom. The SMILES string of the molecule is COc1cc(C(=O)c2cccnc2-c2cncn2Br)ccc1[N+](=O)[O-]. The quantitative estimate of drug-likeness (QED) is 0.368. The van der Waals surface area contributed by atoms with Crippen molar-refractivity contribution in [2.24, 2.45) is 0 Å². The van der Waals surface area contributed by atoms with Gasteiger partial charge in [-0.2, -0.15) is 0 Å². The fraction of sp³-hybridized carbons (Fsp3) is 0.0625. The van der Waals surface area contributed by atoms with Crippen molar-refractivity contribution in [1.29, 1.82) is 0 Å². The predicted octanol–water partition coefficient (Wildman–Crippen LogP) is 3.25. The lowest BCUT2D eigenvalue weighted by Gasteiger charge is -2.09. The van der Waals surface area contributed by atoms with Gasteiger partial charge in [0.15, 0.2) is 11.5 Å². The van der Waals surface area contributed by atoms with Gasteiger partial charge in [-0.25, -0.2) is 4.98 Å². The van der Waals surface area contributed by atoms with Crippen LogP contribution in [0.4, 0.5) is 5.69 Å². The average Bonchev–Trinajstić information content (AvgIpc) is 3.06. The van der Waals surface area contributed by atoms with Gasteiger partial charge in [0.25, 0.3) is 0 Å². The Balaban J connectivity index is 2.08. The minimum absolute atomic E-state index is 0.0202. The Kier molecular flexibility index (Phi) is 4.57. The number of pyridine rings is 1. The summed E-state index contributed by atoms with van der Waals surface area (Å²) in [6, 6.07) is 7.28. The maximum Gasteiger partial charge on any atom is 0.310 e. The third-order valence-electron chi connectivity index (χ3n) is 3.53. The van der Waals surface area contributed by atoms with Crippen LogP contribution in [0.1, 0.15) is 15.9 Å². The smallest absolute Gasteiger partial charge is 0.310 e. The molecule has 3 aromatic rings. The maximum atomic E-state index is 12.9. The Morgan fingerprint density at radius 2 is 2.16 bits per heavy atom. The van der Waals surface area contributed by atoms with E-state index in [4.69, 9.17) is 4.74 Å². The normalized spacial score (nSPS) is 10.5. The minimum atomic E-state index is -0.564. The fourth-order valence-corrected chi connectivity index (χ4v) is 2.73. The van der Waals surface area contributed by atoms with Gasteiger partial charge in [-0.05, 0) is 24.3 Å². The van der Waals surface area contributed by atoms with Crippen LogP contribution in [-0.4, -0.2) is 31.4 Å². The summed E-state index contributed by atoms with van der Waals surface area (Å²) in [5, 5.41) is 11.0. The largest absolute Gasteiger partial charge is 0.490 e. The highest BCUT2D eigenvalue weighted by atomic mass is 79.9. The number of carbonyl (C=O) groups excluding carboxylic acids is 1. The zero-order valence-corrected chi connectivity index (χ0v) is 14.5. The summed E-state index contributed by atoms with van der Waals surface area (Å²) in [4.78, 5) is 31.6. The molecular weight excluding hydrogens is 392 g/mol. The molecule has 126 valence electrons. The molecule has 0 aliphatic heterocycles.